The number of rotatable bonds is 4. The minimum Gasteiger partial charge on any atom is -0.380 e. The zero-order valence-electron chi connectivity index (χ0n) is 12.1. The lowest BCUT2D eigenvalue weighted by Crippen LogP contribution is -2.67. The van der Waals surface area contributed by atoms with Crippen LogP contribution in [-0.2, 0) is 14.3 Å². The van der Waals surface area contributed by atoms with Crippen LogP contribution in [0, 0.1) is 0 Å². The molecule has 2 heterocycles. The van der Waals surface area contributed by atoms with Crippen LogP contribution in [0.1, 0.15) is 40.0 Å². The van der Waals surface area contributed by atoms with Gasteiger partial charge in [-0.15, -0.1) is 0 Å². The lowest BCUT2D eigenvalue weighted by atomic mass is 9.95. The van der Waals surface area contributed by atoms with Crippen molar-refractivity contribution >= 4 is 11.8 Å². The van der Waals surface area contributed by atoms with Crippen LogP contribution in [0.3, 0.4) is 0 Å². The molecule has 0 saturated carbocycles. The SMILES string of the molecule is CCOCC(C)N1C(=O)C2CCCCN2C(=O)C1C. The highest BCUT2D eigenvalue weighted by Gasteiger charge is 2.46. The average Bonchev–Trinajstić information content (AvgIpc) is 2.43. The van der Waals surface area contributed by atoms with Gasteiger partial charge in [0.15, 0.2) is 0 Å². The van der Waals surface area contributed by atoms with Gasteiger partial charge in [0.2, 0.25) is 11.8 Å². The minimum absolute atomic E-state index is 0.0459. The summed E-state index contributed by atoms with van der Waals surface area (Å²) in [5.74, 6) is 0.187. The van der Waals surface area contributed by atoms with Crippen molar-refractivity contribution in [3.63, 3.8) is 0 Å². The second kappa shape index (κ2) is 5.90. The lowest BCUT2D eigenvalue weighted by Gasteiger charge is -2.48. The van der Waals surface area contributed by atoms with Crippen LogP contribution in [0.15, 0.2) is 0 Å². The van der Waals surface area contributed by atoms with E-state index in [4.69, 9.17) is 4.74 Å². The number of ether oxygens (including phenoxy) is 1. The van der Waals surface area contributed by atoms with Gasteiger partial charge in [-0.25, -0.2) is 0 Å². The predicted molar refractivity (Wildman–Crippen MR) is 71.6 cm³/mol. The monoisotopic (exact) mass is 268 g/mol. The normalized spacial score (nSPS) is 29.4. The van der Waals surface area contributed by atoms with Crippen LogP contribution in [0.2, 0.25) is 0 Å². The first-order valence-electron chi connectivity index (χ1n) is 7.28. The quantitative estimate of drug-likeness (QED) is 0.765. The van der Waals surface area contributed by atoms with E-state index in [0.29, 0.717) is 13.2 Å². The number of fused-ring (bicyclic) bond motifs is 1. The molecule has 5 heteroatoms. The van der Waals surface area contributed by atoms with Crippen molar-refractivity contribution in [1.82, 2.24) is 9.80 Å². The highest BCUT2D eigenvalue weighted by molar-refractivity contribution is 5.97. The standard InChI is InChI=1S/C14H24N2O3/c1-4-19-9-10(2)16-11(3)13(17)15-8-6-5-7-12(15)14(16)18/h10-12H,4-9H2,1-3H3. The van der Waals surface area contributed by atoms with Crippen molar-refractivity contribution in [3.05, 3.63) is 0 Å². The predicted octanol–water partition coefficient (Wildman–Crippen LogP) is 1.02. The van der Waals surface area contributed by atoms with E-state index in [-0.39, 0.29) is 29.9 Å². The molecule has 2 rings (SSSR count). The molecule has 0 aromatic rings. The van der Waals surface area contributed by atoms with Crippen LogP contribution in [-0.4, -0.2) is 59.5 Å². The summed E-state index contributed by atoms with van der Waals surface area (Å²) in [5.41, 5.74) is 0. The third-order valence-corrected chi connectivity index (χ3v) is 4.14. The van der Waals surface area contributed by atoms with Crippen molar-refractivity contribution in [2.75, 3.05) is 19.8 Å². The summed E-state index contributed by atoms with van der Waals surface area (Å²) in [6, 6.07) is -0.644. The molecule has 2 amide bonds. The average molecular weight is 268 g/mol. The Morgan fingerprint density at radius 1 is 1.32 bits per heavy atom. The van der Waals surface area contributed by atoms with E-state index in [2.05, 4.69) is 0 Å². The maximum atomic E-state index is 12.6. The van der Waals surface area contributed by atoms with Gasteiger partial charge in [-0.3, -0.25) is 9.59 Å². The second-order valence-corrected chi connectivity index (χ2v) is 5.47. The van der Waals surface area contributed by atoms with Crippen LogP contribution in [0.4, 0.5) is 0 Å². The molecule has 0 N–H and O–H groups in total. The first-order chi connectivity index (χ1) is 9.07. The molecule has 3 unspecified atom stereocenters. The van der Waals surface area contributed by atoms with E-state index in [1.54, 1.807) is 9.80 Å². The fourth-order valence-electron chi connectivity index (χ4n) is 3.14. The second-order valence-electron chi connectivity index (χ2n) is 5.47. The van der Waals surface area contributed by atoms with Crippen molar-refractivity contribution in [2.24, 2.45) is 0 Å². The minimum atomic E-state index is -0.364. The Bertz CT molecular complexity index is 359. The number of amides is 2. The van der Waals surface area contributed by atoms with Crippen LogP contribution in [0.5, 0.6) is 0 Å². The third-order valence-electron chi connectivity index (χ3n) is 4.14. The zero-order chi connectivity index (χ0) is 14.0. The Morgan fingerprint density at radius 3 is 2.74 bits per heavy atom. The summed E-state index contributed by atoms with van der Waals surface area (Å²) in [4.78, 5) is 28.5. The van der Waals surface area contributed by atoms with E-state index >= 15 is 0 Å². The van der Waals surface area contributed by atoms with E-state index in [9.17, 15) is 9.59 Å². The van der Waals surface area contributed by atoms with Gasteiger partial charge >= 0.3 is 0 Å². The molecule has 2 fully saturated rings. The van der Waals surface area contributed by atoms with Gasteiger partial charge in [0.25, 0.3) is 0 Å². The zero-order valence-corrected chi connectivity index (χ0v) is 12.1. The van der Waals surface area contributed by atoms with Gasteiger partial charge in [0, 0.05) is 13.2 Å². The summed E-state index contributed by atoms with van der Waals surface area (Å²) in [6.07, 6.45) is 2.84. The van der Waals surface area contributed by atoms with Gasteiger partial charge in [-0.05, 0) is 40.0 Å². The number of piperidine rings is 1. The molecule has 3 atom stereocenters. The largest absolute Gasteiger partial charge is 0.380 e. The molecule has 0 aliphatic carbocycles. The molecule has 0 aromatic carbocycles. The summed E-state index contributed by atoms with van der Waals surface area (Å²) in [7, 11) is 0. The first kappa shape index (κ1) is 14.3. The van der Waals surface area contributed by atoms with Crippen LogP contribution >= 0.6 is 0 Å². The van der Waals surface area contributed by atoms with E-state index in [0.717, 1.165) is 25.8 Å². The van der Waals surface area contributed by atoms with Gasteiger partial charge < -0.3 is 14.5 Å². The molecule has 5 nitrogen and oxygen atoms in total. The molecule has 2 aliphatic rings. The Labute approximate surface area is 114 Å². The molecule has 0 spiro atoms. The maximum Gasteiger partial charge on any atom is 0.246 e. The molecule has 0 bridgehead atoms. The lowest BCUT2D eigenvalue weighted by molar-refractivity contribution is -0.166. The van der Waals surface area contributed by atoms with Crippen LogP contribution in [0.25, 0.3) is 0 Å². The Balaban J connectivity index is 2.14. The van der Waals surface area contributed by atoms with Crippen molar-refractivity contribution in [1.29, 1.82) is 0 Å². The third kappa shape index (κ3) is 2.61. The summed E-state index contributed by atoms with van der Waals surface area (Å²) in [5, 5.41) is 0. The smallest absolute Gasteiger partial charge is 0.246 e. The highest BCUT2D eigenvalue weighted by atomic mass is 16.5. The maximum absolute atomic E-state index is 12.6. The molecule has 108 valence electrons. The highest BCUT2D eigenvalue weighted by Crippen LogP contribution is 2.27. The topological polar surface area (TPSA) is 49.9 Å². The molecular weight excluding hydrogens is 244 g/mol. The molecule has 2 aliphatic heterocycles. The summed E-state index contributed by atoms with van der Waals surface area (Å²) < 4.78 is 5.40. The van der Waals surface area contributed by atoms with Crippen molar-refractivity contribution in [3.8, 4) is 0 Å². The van der Waals surface area contributed by atoms with Crippen molar-refractivity contribution in [2.45, 2.75) is 58.2 Å². The molecule has 2 saturated heterocycles. The molecular formula is C14H24N2O3. The number of carbonyl (C=O) groups is 2. The Hall–Kier alpha value is -1.10. The molecule has 0 aromatic heterocycles. The van der Waals surface area contributed by atoms with E-state index in [1.165, 1.54) is 0 Å². The number of hydrogen-bond donors (Lipinski definition) is 0. The van der Waals surface area contributed by atoms with Gasteiger partial charge in [-0.1, -0.05) is 0 Å². The fourth-order valence-corrected chi connectivity index (χ4v) is 3.14. The Kier molecular flexibility index (Phi) is 4.45. The van der Waals surface area contributed by atoms with E-state index < -0.39 is 0 Å². The Morgan fingerprint density at radius 2 is 2.05 bits per heavy atom. The van der Waals surface area contributed by atoms with Crippen LogP contribution < -0.4 is 0 Å². The first-order valence-corrected chi connectivity index (χ1v) is 7.28. The summed E-state index contributed by atoms with van der Waals surface area (Å²) >= 11 is 0. The van der Waals surface area contributed by atoms with Gasteiger partial charge in [0.1, 0.15) is 12.1 Å². The van der Waals surface area contributed by atoms with Crippen molar-refractivity contribution < 1.29 is 14.3 Å². The van der Waals surface area contributed by atoms with Gasteiger partial charge in [-0.2, -0.15) is 0 Å². The number of nitrogens with zero attached hydrogens (tertiary/aromatic N) is 2. The molecule has 0 radical (unpaired) electrons. The summed E-state index contributed by atoms with van der Waals surface area (Å²) in [6.45, 7) is 7.57. The van der Waals surface area contributed by atoms with Gasteiger partial charge in [0.05, 0.1) is 12.6 Å². The molecule has 19 heavy (non-hydrogen) atoms. The number of hydrogen-bond acceptors (Lipinski definition) is 3. The van der Waals surface area contributed by atoms with E-state index in [1.807, 2.05) is 20.8 Å². The fraction of sp³-hybridized carbons (Fsp3) is 0.857. The number of piperazine rings is 1. The number of carbonyl (C=O) groups excluding carboxylic acids is 2.